The van der Waals surface area contributed by atoms with Crippen LogP contribution in [0.3, 0.4) is 0 Å². The third kappa shape index (κ3) is 3.18. The van der Waals surface area contributed by atoms with Gasteiger partial charge in [-0.3, -0.25) is 14.9 Å². The minimum absolute atomic E-state index is 0.137. The molecule has 12 heteroatoms. The van der Waals surface area contributed by atoms with Crippen molar-refractivity contribution >= 4 is 34.8 Å². The topological polar surface area (TPSA) is 158 Å². The molecule has 3 aromatic heterocycles. The van der Waals surface area contributed by atoms with E-state index in [4.69, 9.17) is 14.9 Å². The predicted octanol–water partition coefficient (Wildman–Crippen LogP) is 1.60. The van der Waals surface area contributed by atoms with Crippen molar-refractivity contribution in [2.75, 3.05) is 19.4 Å². The zero-order chi connectivity index (χ0) is 25.2. The Kier molecular flexibility index (Phi) is 4.55. The van der Waals surface area contributed by atoms with E-state index in [-0.39, 0.29) is 24.8 Å². The summed E-state index contributed by atoms with van der Waals surface area (Å²) in [5.41, 5.74) is 7.09. The molecule has 5 heterocycles. The summed E-state index contributed by atoms with van der Waals surface area (Å²) < 4.78 is 12.8. The van der Waals surface area contributed by atoms with Crippen LogP contribution in [-0.2, 0) is 16.9 Å². The first kappa shape index (κ1) is 21.6. The van der Waals surface area contributed by atoms with Crippen molar-refractivity contribution < 1.29 is 23.5 Å². The van der Waals surface area contributed by atoms with Crippen molar-refractivity contribution in [3.05, 3.63) is 65.0 Å². The molecule has 0 bridgehead atoms. The number of fused-ring (bicyclic) bond motifs is 2. The molecule has 1 atom stereocenters. The molecule has 182 valence electrons. The second-order valence-corrected chi connectivity index (χ2v) is 8.78. The molecule has 4 N–H and O–H groups in total. The molecule has 1 fully saturated rings. The number of nitrogens with one attached hydrogen (secondary N) is 2. The average Bonchev–Trinajstić information content (AvgIpc) is 3.58. The molecule has 1 unspecified atom stereocenters. The van der Waals surface area contributed by atoms with Gasteiger partial charge in [0.15, 0.2) is 16.9 Å². The molecule has 2 aliphatic rings. The van der Waals surface area contributed by atoms with Crippen LogP contribution in [0, 0.1) is 6.92 Å². The fourth-order valence-electron chi connectivity index (χ4n) is 4.71. The summed E-state index contributed by atoms with van der Waals surface area (Å²) in [4.78, 5) is 44.7. The van der Waals surface area contributed by atoms with E-state index in [0.29, 0.717) is 34.0 Å². The largest absolute Gasteiger partial charge is 0.497 e. The molecule has 12 nitrogen and oxygen atoms in total. The van der Waals surface area contributed by atoms with Gasteiger partial charge in [0.2, 0.25) is 0 Å². The minimum Gasteiger partial charge on any atom is -0.497 e. The lowest BCUT2D eigenvalue weighted by molar-refractivity contribution is -0.125. The average molecular weight is 487 g/mol. The Bertz CT molecular complexity index is 1590. The highest BCUT2D eigenvalue weighted by Gasteiger charge is 2.53. The Morgan fingerprint density at radius 3 is 2.69 bits per heavy atom. The van der Waals surface area contributed by atoms with E-state index < -0.39 is 17.5 Å². The molecule has 0 spiro atoms. The van der Waals surface area contributed by atoms with Gasteiger partial charge in [-0.25, -0.2) is 14.5 Å². The van der Waals surface area contributed by atoms with Crippen molar-refractivity contribution in [3.8, 4) is 11.6 Å². The summed E-state index contributed by atoms with van der Waals surface area (Å²) in [6.07, 6.45) is 0. The smallest absolute Gasteiger partial charge is 0.322 e. The summed E-state index contributed by atoms with van der Waals surface area (Å²) in [7, 11) is 1.52. The molecule has 0 saturated carbocycles. The first-order valence-electron chi connectivity index (χ1n) is 11.1. The van der Waals surface area contributed by atoms with E-state index in [0.717, 1.165) is 11.3 Å². The number of hydrogen-bond acceptors (Lipinski definition) is 8. The number of urea groups is 1. The molecule has 36 heavy (non-hydrogen) atoms. The van der Waals surface area contributed by atoms with E-state index in [1.165, 1.54) is 12.0 Å². The predicted molar refractivity (Wildman–Crippen MR) is 126 cm³/mol. The molecule has 1 aromatic carbocycles. The lowest BCUT2D eigenvalue weighted by atomic mass is 9.95. The van der Waals surface area contributed by atoms with Gasteiger partial charge >= 0.3 is 6.03 Å². The zero-order valence-corrected chi connectivity index (χ0v) is 19.4. The Hall–Kier alpha value is -4.87. The Balaban J connectivity index is 1.39. The third-order valence-electron chi connectivity index (χ3n) is 6.47. The SMILES string of the molecule is COc1ccc2c(c1)C(=O)N(CC1(c3cc4nc(-n5nc(N)cc5C)ccc4o3)NC(=O)NC1=O)C2. The maximum atomic E-state index is 13.2. The normalized spacial score (nSPS) is 19.1. The number of ether oxygens (including phenoxy) is 1. The van der Waals surface area contributed by atoms with Gasteiger partial charge in [-0.15, -0.1) is 5.10 Å². The van der Waals surface area contributed by atoms with Crippen LogP contribution in [0.1, 0.15) is 27.4 Å². The zero-order valence-electron chi connectivity index (χ0n) is 19.4. The number of carbonyl (C=O) groups is 3. The van der Waals surface area contributed by atoms with E-state index >= 15 is 0 Å². The first-order chi connectivity index (χ1) is 17.3. The van der Waals surface area contributed by atoms with E-state index in [2.05, 4.69) is 20.7 Å². The van der Waals surface area contributed by atoms with Crippen molar-refractivity contribution in [1.29, 1.82) is 0 Å². The number of pyridine rings is 1. The number of anilines is 1. The molecule has 4 amide bonds. The Morgan fingerprint density at radius 2 is 2.00 bits per heavy atom. The number of imide groups is 1. The van der Waals surface area contributed by atoms with Crippen LogP contribution in [0.25, 0.3) is 16.9 Å². The van der Waals surface area contributed by atoms with Gasteiger partial charge in [-0.2, -0.15) is 0 Å². The molecule has 4 aromatic rings. The number of hydrogen-bond donors (Lipinski definition) is 3. The summed E-state index contributed by atoms with van der Waals surface area (Å²) in [6, 6.07) is 11.3. The Labute approximate surface area is 204 Å². The van der Waals surface area contributed by atoms with Crippen LogP contribution in [0.5, 0.6) is 5.75 Å². The second kappa shape index (κ2) is 7.57. The third-order valence-corrected chi connectivity index (χ3v) is 6.47. The number of amides is 4. The molecular weight excluding hydrogens is 466 g/mol. The summed E-state index contributed by atoms with van der Waals surface area (Å²) in [5.74, 6) is 0.685. The van der Waals surface area contributed by atoms with Crippen molar-refractivity contribution in [3.63, 3.8) is 0 Å². The van der Waals surface area contributed by atoms with Gasteiger partial charge in [0, 0.05) is 29.9 Å². The van der Waals surface area contributed by atoms with Crippen LogP contribution >= 0.6 is 0 Å². The Morgan fingerprint density at radius 1 is 1.17 bits per heavy atom. The standard InChI is InChI=1S/C24H21N7O5/c1-12-7-19(25)29-31(12)20-6-5-17-16(26-20)9-18(36-17)24(22(33)27-23(34)28-24)11-30-10-13-3-4-14(35-2)8-15(13)21(30)32/h3-9H,10-11H2,1-2H3,(H2,25,29)(H2,27,28,33,34). The quantitative estimate of drug-likeness (QED) is 0.358. The number of aryl methyl sites for hydroxylation is 1. The molecule has 6 rings (SSSR count). The molecule has 1 saturated heterocycles. The van der Waals surface area contributed by atoms with Crippen LogP contribution < -0.4 is 21.1 Å². The molecule has 0 radical (unpaired) electrons. The van der Waals surface area contributed by atoms with Crippen molar-refractivity contribution in [2.45, 2.75) is 19.0 Å². The lowest BCUT2D eigenvalue weighted by Crippen LogP contribution is -2.52. The highest BCUT2D eigenvalue weighted by molar-refractivity contribution is 6.08. The fraction of sp³-hybridized carbons (Fsp3) is 0.208. The number of benzene rings is 1. The number of nitrogens with two attached hydrogens (primary N) is 1. The molecular formula is C24H21N7O5. The number of carbonyl (C=O) groups excluding carboxylic acids is 3. The number of rotatable bonds is 5. The van der Waals surface area contributed by atoms with Crippen molar-refractivity contribution in [2.24, 2.45) is 0 Å². The maximum absolute atomic E-state index is 13.2. The lowest BCUT2D eigenvalue weighted by Gasteiger charge is -2.28. The van der Waals surface area contributed by atoms with Gasteiger partial charge in [0.05, 0.1) is 13.7 Å². The summed E-state index contributed by atoms with van der Waals surface area (Å²) in [5, 5.41) is 9.19. The number of aromatic nitrogens is 3. The van der Waals surface area contributed by atoms with Gasteiger partial charge in [0.25, 0.3) is 11.8 Å². The number of furan rings is 1. The van der Waals surface area contributed by atoms with E-state index in [1.54, 1.807) is 41.1 Å². The monoisotopic (exact) mass is 487 g/mol. The van der Waals surface area contributed by atoms with Crippen LogP contribution in [0.15, 0.2) is 46.9 Å². The number of nitrogen functional groups attached to an aromatic ring is 1. The van der Waals surface area contributed by atoms with E-state index in [1.807, 2.05) is 13.0 Å². The first-order valence-corrected chi connectivity index (χ1v) is 11.1. The van der Waals surface area contributed by atoms with Crippen LogP contribution in [-0.4, -0.2) is 51.2 Å². The fourth-order valence-corrected chi connectivity index (χ4v) is 4.71. The molecule has 0 aliphatic carbocycles. The van der Waals surface area contributed by atoms with E-state index in [9.17, 15) is 14.4 Å². The van der Waals surface area contributed by atoms with Gasteiger partial charge < -0.3 is 25.1 Å². The van der Waals surface area contributed by atoms with Gasteiger partial charge in [-0.1, -0.05) is 6.07 Å². The van der Waals surface area contributed by atoms with Crippen LogP contribution in [0.4, 0.5) is 10.6 Å². The highest BCUT2D eigenvalue weighted by atomic mass is 16.5. The number of methoxy groups -OCH3 is 1. The highest BCUT2D eigenvalue weighted by Crippen LogP contribution is 2.35. The molecule has 2 aliphatic heterocycles. The summed E-state index contributed by atoms with van der Waals surface area (Å²) >= 11 is 0. The van der Waals surface area contributed by atoms with Crippen molar-refractivity contribution in [1.82, 2.24) is 30.3 Å². The maximum Gasteiger partial charge on any atom is 0.322 e. The van der Waals surface area contributed by atoms with Gasteiger partial charge in [0.1, 0.15) is 22.8 Å². The second-order valence-electron chi connectivity index (χ2n) is 8.78. The van der Waals surface area contributed by atoms with Gasteiger partial charge in [-0.05, 0) is 36.8 Å². The minimum atomic E-state index is -1.63. The number of nitrogens with zero attached hydrogens (tertiary/aromatic N) is 4. The summed E-state index contributed by atoms with van der Waals surface area (Å²) in [6.45, 7) is 1.98. The van der Waals surface area contributed by atoms with Crippen LogP contribution in [0.2, 0.25) is 0 Å².